The lowest BCUT2D eigenvalue weighted by atomic mass is 9.93. The van der Waals surface area contributed by atoms with Crippen LogP contribution in [0.2, 0.25) is 0 Å². The van der Waals surface area contributed by atoms with Crippen molar-refractivity contribution in [1.82, 2.24) is 0 Å². The number of carbonyl (C=O) groups excluding carboxylic acids is 1. The summed E-state index contributed by atoms with van der Waals surface area (Å²) in [6.07, 6.45) is 10.1. The molecule has 0 saturated carbocycles. The van der Waals surface area contributed by atoms with Crippen molar-refractivity contribution in [3.8, 4) is 0 Å². The van der Waals surface area contributed by atoms with Gasteiger partial charge < -0.3 is 4.74 Å². The molecule has 0 radical (unpaired) electrons. The Morgan fingerprint density at radius 3 is 2.25 bits per heavy atom. The lowest BCUT2D eigenvalue weighted by Crippen LogP contribution is -2.15. The Labute approximate surface area is 126 Å². The molecule has 0 fully saturated rings. The zero-order chi connectivity index (χ0) is 15.4. The molecule has 0 aromatic rings. The highest BCUT2D eigenvalue weighted by Gasteiger charge is 2.13. The largest absolute Gasteiger partial charge is 0.462 e. The molecule has 0 aliphatic heterocycles. The summed E-state index contributed by atoms with van der Waals surface area (Å²) in [5.41, 5.74) is 0.496. The van der Waals surface area contributed by atoms with Crippen molar-refractivity contribution in [2.75, 3.05) is 6.61 Å². The van der Waals surface area contributed by atoms with Crippen LogP contribution < -0.4 is 0 Å². The molecule has 0 heterocycles. The SMILES string of the molecule is C=C(C)C(=O)OCC(CCCCCCC)CCC(C)C. The van der Waals surface area contributed by atoms with E-state index in [4.69, 9.17) is 4.74 Å². The van der Waals surface area contributed by atoms with Crippen molar-refractivity contribution in [2.45, 2.75) is 79.1 Å². The molecule has 0 bridgehead atoms. The van der Waals surface area contributed by atoms with Crippen molar-refractivity contribution in [3.63, 3.8) is 0 Å². The van der Waals surface area contributed by atoms with Gasteiger partial charge >= 0.3 is 5.97 Å². The van der Waals surface area contributed by atoms with Crippen molar-refractivity contribution in [1.29, 1.82) is 0 Å². The summed E-state index contributed by atoms with van der Waals surface area (Å²) in [6, 6.07) is 0. The molecule has 0 aliphatic rings. The van der Waals surface area contributed by atoms with Gasteiger partial charge in [-0.15, -0.1) is 0 Å². The second kappa shape index (κ2) is 12.0. The van der Waals surface area contributed by atoms with Gasteiger partial charge in [0.05, 0.1) is 6.61 Å². The molecule has 1 atom stereocenters. The number of carbonyl (C=O) groups is 1. The Morgan fingerprint density at radius 1 is 1.05 bits per heavy atom. The predicted molar refractivity (Wildman–Crippen MR) is 86.7 cm³/mol. The monoisotopic (exact) mass is 282 g/mol. The van der Waals surface area contributed by atoms with E-state index in [1.807, 2.05) is 0 Å². The van der Waals surface area contributed by atoms with Gasteiger partial charge in [-0.05, 0) is 31.6 Å². The summed E-state index contributed by atoms with van der Waals surface area (Å²) in [5.74, 6) is 0.988. The Kier molecular flexibility index (Phi) is 11.5. The lowest BCUT2D eigenvalue weighted by Gasteiger charge is -2.18. The van der Waals surface area contributed by atoms with Crippen LogP contribution in [0.1, 0.15) is 79.1 Å². The highest BCUT2D eigenvalue weighted by molar-refractivity contribution is 5.86. The van der Waals surface area contributed by atoms with Crippen LogP contribution in [-0.2, 0) is 9.53 Å². The van der Waals surface area contributed by atoms with Gasteiger partial charge in [0.1, 0.15) is 0 Å². The average Bonchev–Trinajstić information content (AvgIpc) is 2.39. The van der Waals surface area contributed by atoms with Gasteiger partial charge in [0.25, 0.3) is 0 Å². The van der Waals surface area contributed by atoms with Crippen molar-refractivity contribution in [2.24, 2.45) is 11.8 Å². The fourth-order valence-corrected chi connectivity index (χ4v) is 2.23. The van der Waals surface area contributed by atoms with Gasteiger partial charge in [-0.1, -0.05) is 65.9 Å². The third-order valence-corrected chi connectivity index (χ3v) is 3.67. The molecule has 0 N–H and O–H groups in total. The van der Waals surface area contributed by atoms with E-state index in [0.717, 1.165) is 12.3 Å². The van der Waals surface area contributed by atoms with Gasteiger partial charge in [-0.25, -0.2) is 4.79 Å². The van der Waals surface area contributed by atoms with Gasteiger partial charge in [0.2, 0.25) is 0 Å². The van der Waals surface area contributed by atoms with Crippen LogP contribution >= 0.6 is 0 Å². The van der Waals surface area contributed by atoms with Crippen LogP contribution in [0.15, 0.2) is 12.2 Å². The maximum atomic E-state index is 11.5. The first kappa shape index (κ1) is 19.2. The molecule has 0 saturated heterocycles. The van der Waals surface area contributed by atoms with E-state index >= 15 is 0 Å². The topological polar surface area (TPSA) is 26.3 Å². The fraction of sp³-hybridized carbons (Fsp3) is 0.833. The quantitative estimate of drug-likeness (QED) is 0.268. The first-order valence-corrected chi connectivity index (χ1v) is 8.30. The van der Waals surface area contributed by atoms with E-state index in [9.17, 15) is 4.79 Å². The zero-order valence-electron chi connectivity index (χ0n) is 14.0. The fourth-order valence-electron chi connectivity index (χ4n) is 2.23. The molecule has 118 valence electrons. The summed E-state index contributed by atoms with van der Waals surface area (Å²) in [7, 11) is 0. The van der Waals surface area contributed by atoms with Crippen LogP contribution in [0.5, 0.6) is 0 Å². The minimum atomic E-state index is -0.245. The summed E-state index contributed by atoms with van der Waals surface area (Å²) < 4.78 is 5.34. The number of hydrogen-bond donors (Lipinski definition) is 0. The summed E-state index contributed by atoms with van der Waals surface area (Å²) >= 11 is 0. The minimum absolute atomic E-state index is 0.245. The summed E-state index contributed by atoms with van der Waals surface area (Å²) in [5, 5.41) is 0. The van der Waals surface area contributed by atoms with Crippen molar-refractivity contribution < 1.29 is 9.53 Å². The van der Waals surface area contributed by atoms with E-state index in [0.29, 0.717) is 18.1 Å². The first-order valence-electron chi connectivity index (χ1n) is 8.30. The normalized spacial score (nSPS) is 12.4. The summed E-state index contributed by atoms with van der Waals surface area (Å²) in [6.45, 7) is 12.6. The molecule has 0 aliphatic carbocycles. The molecule has 2 nitrogen and oxygen atoms in total. The van der Waals surface area contributed by atoms with E-state index in [2.05, 4.69) is 27.4 Å². The zero-order valence-corrected chi connectivity index (χ0v) is 14.0. The van der Waals surface area contributed by atoms with Crippen LogP contribution in [0.3, 0.4) is 0 Å². The van der Waals surface area contributed by atoms with Crippen LogP contribution in [-0.4, -0.2) is 12.6 Å². The molecule has 0 spiro atoms. The van der Waals surface area contributed by atoms with Gasteiger partial charge in [0.15, 0.2) is 0 Å². The Hall–Kier alpha value is -0.790. The molecule has 0 amide bonds. The first-order chi connectivity index (χ1) is 9.47. The Morgan fingerprint density at radius 2 is 1.70 bits per heavy atom. The van der Waals surface area contributed by atoms with E-state index in [1.54, 1.807) is 6.92 Å². The van der Waals surface area contributed by atoms with Crippen LogP contribution in [0, 0.1) is 11.8 Å². The van der Waals surface area contributed by atoms with Gasteiger partial charge in [-0.3, -0.25) is 0 Å². The highest BCUT2D eigenvalue weighted by atomic mass is 16.5. The van der Waals surface area contributed by atoms with Crippen molar-refractivity contribution >= 4 is 5.97 Å². The Balaban J connectivity index is 3.99. The van der Waals surface area contributed by atoms with Crippen LogP contribution in [0.4, 0.5) is 0 Å². The number of esters is 1. The molecule has 1 unspecified atom stereocenters. The number of rotatable bonds is 12. The Bertz CT molecular complexity index is 269. The lowest BCUT2D eigenvalue weighted by molar-refractivity contribution is -0.140. The minimum Gasteiger partial charge on any atom is -0.462 e. The van der Waals surface area contributed by atoms with E-state index in [1.165, 1.54) is 44.9 Å². The van der Waals surface area contributed by atoms with Gasteiger partial charge in [-0.2, -0.15) is 0 Å². The van der Waals surface area contributed by atoms with E-state index < -0.39 is 0 Å². The number of ether oxygens (including phenoxy) is 1. The maximum Gasteiger partial charge on any atom is 0.333 e. The molecular weight excluding hydrogens is 248 g/mol. The molecule has 0 rings (SSSR count). The standard InChI is InChI=1S/C18H34O2/c1-6-7-8-9-10-11-17(13-12-15(2)3)14-20-18(19)16(4)5/h15,17H,4,6-14H2,1-3,5H3. The molecule has 2 heteroatoms. The smallest absolute Gasteiger partial charge is 0.333 e. The number of hydrogen-bond acceptors (Lipinski definition) is 2. The predicted octanol–water partition coefficient (Wildman–Crippen LogP) is 5.52. The highest BCUT2D eigenvalue weighted by Crippen LogP contribution is 2.20. The molecule has 0 aromatic carbocycles. The van der Waals surface area contributed by atoms with Gasteiger partial charge in [0, 0.05) is 5.57 Å². The second-order valence-electron chi connectivity index (χ2n) is 6.42. The third kappa shape index (κ3) is 11.1. The number of unbranched alkanes of at least 4 members (excludes halogenated alkanes) is 4. The average molecular weight is 282 g/mol. The summed E-state index contributed by atoms with van der Waals surface area (Å²) in [4.78, 5) is 11.5. The van der Waals surface area contributed by atoms with Crippen LogP contribution in [0.25, 0.3) is 0 Å². The second-order valence-corrected chi connectivity index (χ2v) is 6.42. The molecular formula is C18H34O2. The maximum absolute atomic E-state index is 11.5. The molecule has 20 heavy (non-hydrogen) atoms. The van der Waals surface area contributed by atoms with E-state index in [-0.39, 0.29) is 5.97 Å². The van der Waals surface area contributed by atoms with Crippen molar-refractivity contribution in [3.05, 3.63) is 12.2 Å². The molecule has 0 aromatic heterocycles. The third-order valence-electron chi connectivity index (χ3n) is 3.67.